The molecule has 0 aliphatic carbocycles. The van der Waals surface area contributed by atoms with E-state index in [-0.39, 0.29) is 17.9 Å². The summed E-state index contributed by atoms with van der Waals surface area (Å²) in [5.41, 5.74) is 0.639. The molecule has 114 valence electrons. The van der Waals surface area contributed by atoms with Crippen LogP contribution in [-0.2, 0) is 4.79 Å². The zero-order valence-electron chi connectivity index (χ0n) is 12.5. The third-order valence-electron chi connectivity index (χ3n) is 3.49. The first-order valence-electron chi connectivity index (χ1n) is 7.31. The maximum atomic E-state index is 12.5. The number of carbonyl (C=O) groups is 2. The summed E-state index contributed by atoms with van der Waals surface area (Å²) in [6, 6.07) is 8.79. The molecule has 1 aliphatic rings. The van der Waals surface area contributed by atoms with Crippen LogP contribution in [0.1, 0.15) is 30.6 Å². The Hall–Kier alpha value is -1.49. The Morgan fingerprint density at radius 1 is 1.33 bits per heavy atom. The highest BCUT2D eigenvalue weighted by atomic mass is 32.2. The Labute approximate surface area is 130 Å². The molecule has 1 heterocycles. The SMILES string of the molecule is CC(C)CCNC(=O)C1CSCN1C(=O)c1ccccc1. The van der Waals surface area contributed by atoms with Crippen molar-refractivity contribution >= 4 is 23.6 Å². The van der Waals surface area contributed by atoms with E-state index in [2.05, 4.69) is 19.2 Å². The number of benzene rings is 1. The molecule has 1 aromatic carbocycles. The Balaban J connectivity index is 1.96. The molecule has 0 bridgehead atoms. The average molecular weight is 306 g/mol. The van der Waals surface area contributed by atoms with Gasteiger partial charge in [0.25, 0.3) is 5.91 Å². The van der Waals surface area contributed by atoms with Crippen LogP contribution in [-0.4, -0.2) is 40.9 Å². The molecule has 1 saturated heterocycles. The molecule has 2 rings (SSSR count). The lowest BCUT2D eigenvalue weighted by molar-refractivity contribution is -0.124. The molecule has 0 radical (unpaired) electrons. The largest absolute Gasteiger partial charge is 0.354 e. The normalized spacial score (nSPS) is 18.0. The fourth-order valence-electron chi connectivity index (χ4n) is 2.21. The summed E-state index contributed by atoms with van der Waals surface area (Å²) in [5.74, 6) is 1.71. The second kappa shape index (κ2) is 7.50. The highest BCUT2D eigenvalue weighted by molar-refractivity contribution is 7.99. The molecule has 0 aromatic heterocycles. The van der Waals surface area contributed by atoms with E-state index >= 15 is 0 Å². The van der Waals surface area contributed by atoms with Crippen molar-refractivity contribution in [1.82, 2.24) is 10.2 Å². The maximum Gasteiger partial charge on any atom is 0.255 e. The lowest BCUT2D eigenvalue weighted by Gasteiger charge is -2.23. The molecule has 2 amide bonds. The number of thioether (sulfide) groups is 1. The maximum absolute atomic E-state index is 12.5. The molecule has 0 spiro atoms. The van der Waals surface area contributed by atoms with E-state index in [1.807, 2.05) is 18.2 Å². The van der Waals surface area contributed by atoms with Crippen LogP contribution in [0.4, 0.5) is 0 Å². The summed E-state index contributed by atoms with van der Waals surface area (Å²) in [6.45, 7) is 4.93. The van der Waals surface area contributed by atoms with Gasteiger partial charge in [-0.25, -0.2) is 0 Å². The molecule has 4 nitrogen and oxygen atoms in total. The highest BCUT2D eigenvalue weighted by Crippen LogP contribution is 2.23. The van der Waals surface area contributed by atoms with Gasteiger partial charge in [0.05, 0.1) is 5.88 Å². The van der Waals surface area contributed by atoms with Crippen molar-refractivity contribution in [3.05, 3.63) is 35.9 Å². The molecule has 1 aromatic rings. The van der Waals surface area contributed by atoms with Crippen LogP contribution in [0.2, 0.25) is 0 Å². The van der Waals surface area contributed by atoms with Crippen LogP contribution < -0.4 is 5.32 Å². The standard InChI is InChI=1S/C16H22N2O2S/c1-12(2)8-9-17-15(19)14-10-21-11-18(14)16(20)13-6-4-3-5-7-13/h3-7,12,14H,8-11H2,1-2H3,(H,17,19). The van der Waals surface area contributed by atoms with Crippen LogP contribution >= 0.6 is 11.8 Å². The monoisotopic (exact) mass is 306 g/mol. The van der Waals surface area contributed by atoms with Gasteiger partial charge in [-0.15, -0.1) is 11.8 Å². The quantitative estimate of drug-likeness (QED) is 0.908. The smallest absolute Gasteiger partial charge is 0.255 e. The number of nitrogens with one attached hydrogen (secondary N) is 1. The second-order valence-electron chi connectivity index (χ2n) is 5.63. The van der Waals surface area contributed by atoms with E-state index < -0.39 is 0 Å². The van der Waals surface area contributed by atoms with Gasteiger partial charge >= 0.3 is 0 Å². The van der Waals surface area contributed by atoms with Crippen LogP contribution in [0.15, 0.2) is 30.3 Å². The molecule has 1 atom stereocenters. The lowest BCUT2D eigenvalue weighted by Crippen LogP contribution is -2.47. The molecule has 1 unspecified atom stereocenters. The molecule has 1 aliphatic heterocycles. The van der Waals surface area contributed by atoms with Gasteiger partial charge in [0.2, 0.25) is 5.91 Å². The number of amides is 2. The van der Waals surface area contributed by atoms with Gasteiger partial charge in [-0.2, -0.15) is 0 Å². The minimum absolute atomic E-state index is 0.0371. The van der Waals surface area contributed by atoms with Crippen molar-refractivity contribution in [2.24, 2.45) is 5.92 Å². The van der Waals surface area contributed by atoms with E-state index in [1.165, 1.54) is 0 Å². The van der Waals surface area contributed by atoms with Crippen LogP contribution in [0, 0.1) is 5.92 Å². The summed E-state index contributed by atoms with van der Waals surface area (Å²) >= 11 is 1.63. The van der Waals surface area contributed by atoms with Crippen molar-refractivity contribution < 1.29 is 9.59 Å². The predicted octanol–water partition coefficient (Wildman–Crippen LogP) is 2.36. The first-order valence-corrected chi connectivity index (χ1v) is 8.46. The molecular weight excluding hydrogens is 284 g/mol. The van der Waals surface area contributed by atoms with Gasteiger partial charge in [0.15, 0.2) is 0 Å². The Morgan fingerprint density at radius 2 is 2.05 bits per heavy atom. The average Bonchev–Trinajstić information content (AvgIpc) is 2.96. The zero-order valence-corrected chi connectivity index (χ0v) is 13.4. The van der Waals surface area contributed by atoms with Gasteiger partial charge in [-0.3, -0.25) is 9.59 Å². The fourth-order valence-corrected chi connectivity index (χ4v) is 3.36. The fraction of sp³-hybridized carbons (Fsp3) is 0.500. The van der Waals surface area contributed by atoms with Gasteiger partial charge in [-0.1, -0.05) is 32.0 Å². The van der Waals surface area contributed by atoms with Crippen molar-refractivity contribution in [3.8, 4) is 0 Å². The van der Waals surface area contributed by atoms with Crippen molar-refractivity contribution in [2.45, 2.75) is 26.3 Å². The van der Waals surface area contributed by atoms with E-state index in [0.29, 0.717) is 29.7 Å². The summed E-state index contributed by atoms with van der Waals surface area (Å²) in [4.78, 5) is 26.4. The molecule has 21 heavy (non-hydrogen) atoms. The number of hydrogen-bond donors (Lipinski definition) is 1. The van der Waals surface area contributed by atoms with Crippen LogP contribution in [0.5, 0.6) is 0 Å². The number of nitrogens with zero attached hydrogens (tertiary/aromatic N) is 1. The van der Waals surface area contributed by atoms with Crippen LogP contribution in [0.3, 0.4) is 0 Å². The molecule has 1 fully saturated rings. The Bertz CT molecular complexity index is 490. The Morgan fingerprint density at radius 3 is 2.71 bits per heavy atom. The van der Waals surface area contributed by atoms with Gasteiger partial charge in [0, 0.05) is 17.9 Å². The van der Waals surface area contributed by atoms with Gasteiger partial charge in [0.1, 0.15) is 6.04 Å². The van der Waals surface area contributed by atoms with Crippen LogP contribution in [0.25, 0.3) is 0 Å². The number of carbonyl (C=O) groups excluding carboxylic acids is 2. The minimum atomic E-state index is -0.352. The van der Waals surface area contributed by atoms with E-state index in [4.69, 9.17) is 0 Å². The third-order valence-corrected chi connectivity index (χ3v) is 4.50. The number of hydrogen-bond acceptors (Lipinski definition) is 3. The van der Waals surface area contributed by atoms with Crippen molar-refractivity contribution in [1.29, 1.82) is 0 Å². The first kappa shape index (κ1) is 15.9. The van der Waals surface area contributed by atoms with Crippen molar-refractivity contribution in [2.75, 3.05) is 18.2 Å². The zero-order chi connectivity index (χ0) is 15.2. The van der Waals surface area contributed by atoms with Crippen molar-refractivity contribution in [3.63, 3.8) is 0 Å². The summed E-state index contributed by atoms with van der Waals surface area (Å²) < 4.78 is 0. The molecule has 1 N–H and O–H groups in total. The lowest BCUT2D eigenvalue weighted by atomic mass is 10.1. The highest BCUT2D eigenvalue weighted by Gasteiger charge is 2.34. The summed E-state index contributed by atoms with van der Waals surface area (Å²) in [6.07, 6.45) is 0.957. The molecule has 5 heteroatoms. The van der Waals surface area contributed by atoms with Gasteiger partial charge < -0.3 is 10.2 Å². The van der Waals surface area contributed by atoms with E-state index in [9.17, 15) is 9.59 Å². The second-order valence-corrected chi connectivity index (χ2v) is 6.63. The summed E-state index contributed by atoms with van der Waals surface area (Å²) in [5, 5.41) is 2.95. The van der Waals surface area contributed by atoms with Gasteiger partial charge in [-0.05, 0) is 24.5 Å². The molecular formula is C16H22N2O2S. The molecule has 0 saturated carbocycles. The number of rotatable bonds is 5. The first-order chi connectivity index (χ1) is 10.1. The summed E-state index contributed by atoms with van der Waals surface area (Å²) in [7, 11) is 0. The topological polar surface area (TPSA) is 49.4 Å². The third kappa shape index (κ3) is 4.24. The van der Waals surface area contributed by atoms with E-state index in [0.717, 1.165) is 6.42 Å². The van der Waals surface area contributed by atoms with E-state index in [1.54, 1.807) is 28.8 Å². The predicted molar refractivity (Wildman–Crippen MR) is 86.2 cm³/mol. The minimum Gasteiger partial charge on any atom is -0.354 e. The Kier molecular flexibility index (Phi) is 5.67.